The van der Waals surface area contributed by atoms with Gasteiger partial charge >= 0.3 is 11.9 Å². The second kappa shape index (κ2) is 7.77. The third kappa shape index (κ3) is 3.92. The maximum absolute atomic E-state index is 11.1. The van der Waals surface area contributed by atoms with Crippen molar-refractivity contribution in [3.8, 4) is 0 Å². The number of aromatic carboxylic acids is 2. The predicted molar refractivity (Wildman–Crippen MR) is 109 cm³/mol. The zero-order valence-corrected chi connectivity index (χ0v) is 16.2. The summed E-state index contributed by atoms with van der Waals surface area (Å²) in [6.07, 6.45) is 0. The lowest BCUT2D eigenvalue weighted by Gasteiger charge is -2.36. The maximum Gasteiger partial charge on any atom is 0.371 e. The predicted octanol–water partition coefficient (Wildman–Crippen LogP) is 3.80. The number of carbonyl (C=O) groups is 2. The number of nitrogens with zero attached hydrogens (tertiary/aromatic N) is 2. The molecule has 1 aliphatic heterocycles. The lowest BCUT2D eigenvalue weighted by atomic mass is 10.1. The Balaban J connectivity index is 1.45. The van der Waals surface area contributed by atoms with Gasteiger partial charge in [-0.25, -0.2) is 9.59 Å². The fourth-order valence-corrected chi connectivity index (χ4v) is 3.95. The number of carboxylic acid groups (broad SMARTS) is 2. The summed E-state index contributed by atoms with van der Waals surface area (Å²) < 4.78 is 5.31. The number of fused-ring (bicyclic) bond motifs is 1. The van der Waals surface area contributed by atoms with E-state index in [4.69, 9.17) is 26.2 Å². The Morgan fingerprint density at radius 3 is 2.45 bits per heavy atom. The molecule has 0 radical (unpaired) electrons. The molecule has 0 unspecified atom stereocenters. The number of piperazine rings is 1. The number of carboxylic acids is 2. The molecular formula is C21H19ClN2O5. The van der Waals surface area contributed by atoms with Crippen molar-refractivity contribution >= 4 is 40.2 Å². The van der Waals surface area contributed by atoms with Gasteiger partial charge in [0.2, 0.25) is 5.76 Å². The van der Waals surface area contributed by atoms with E-state index < -0.39 is 11.9 Å². The van der Waals surface area contributed by atoms with Crippen molar-refractivity contribution in [2.45, 2.75) is 6.54 Å². The number of furan rings is 1. The van der Waals surface area contributed by atoms with Crippen LogP contribution in [-0.2, 0) is 6.54 Å². The molecular weight excluding hydrogens is 396 g/mol. The highest BCUT2D eigenvalue weighted by Crippen LogP contribution is 2.35. The number of benzene rings is 2. The van der Waals surface area contributed by atoms with Crippen molar-refractivity contribution in [2.75, 3.05) is 31.1 Å². The average molecular weight is 415 g/mol. The van der Waals surface area contributed by atoms with Crippen LogP contribution in [0.15, 0.2) is 46.9 Å². The van der Waals surface area contributed by atoms with E-state index in [1.807, 2.05) is 12.1 Å². The van der Waals surface area contributed by atoms with Crippen LogP contribution in [0, 0.1) is 0 Å². The fourth-order valence-electron chi connectivity index (χ4n) is 3.62. The van der Waals surface area contributed by atoms with Gasteiger partial charge in [0, 0.05) is 44.2 Å². The first-order valence-electron chi connectivity index (χ1n) is 9.17. The Hall–Kier alpha value is -3.03. The third-order valence-corrected chi connectivity index (χ3v) is 5.52. The Morgan fingerprint density at radius 1 is 1.00 bits per heavy atom. The molecule has 7 nitrogen and oxygen atoms in total. The van der Waals surface area contributed by atoms with Crippen LogP contribution in [0.5, 0.6) is 0 Å². The number of hydrogen-bond donors (Lipinski definition) is 2. The van der Waals surface area contributed by atoms with E-state index in [2.05, 4.69) is 9.80 Å². The first-order valence-corrected chi connectivity index (χ1v) is 9.55. The van der Waals surface area contributed by atoms with Gasteiger partial charge in [0.25, 0.3) is 0 Å². The molecule has 2 N–H and O–H groups in total. The smallest absolute Gasteiger partial charge is 0.371 e. The van der Waals surface area contributed by atoms with Crippen molar-refractivity contribution in [2.24, 2.45) is 0 Å². The Bertz CT molecular complexity index is 1090. The average Bonchev–Trinajstić information content (AvgIpc) is 3.15. The molecule has 8 heteroatoms. The Morgan fingerprint density at radius 2 is 1.76 bits per heavy atom. The molecule has 1 aromatic heterocycles. The SMILES string of the molecule is O=C(O)c1cccc(CN2CCN(c3ccc4oc(C(=O)O)cc4c3Cl)CC2)c1. The van der Waals surface area contributed by atoms with Crippen molar-refractivity contribution < 1.29 is 24.2 Å². The van der Waals surface area contributed by atoms with Crippen LogP contribution in [0.3, 0.4) is 0 Å². The third-order valence-electron chi connectivity index (χ3n) is 5.12. The van der Waals surface area contributed by atoms with Crippen molar-refractivity contribution in [1.29, 1.82) is 0 Å². The highest BCUT2D eigenvalue weighted by Gasteiger charge is 2.22. The summed E-state index contributed by atoms with van der Waals surface area (Å²) in [6, 6.07) is 12.0. The van der Waals surface area contributed by atoms with Gasteiger partial charge in [-0.1, -0.05) is 23.7 Å². The fraction of sp³-hybridized carbons (Fsp3) is 0.238. The maximum atomic E-state index is 11.1. The molecule has 0 aliphatic carbocycles. The molecule has 3 aromatic rings. The van der Waals surface area contributed by atoms with Crippen LogP contribution in [0.2, 0.25) is 5.02 Å². The lowest BCUT2D eigenvalue weighted by Crippen LogP contribution is -2.46. The highest BCUT2D eigenvalue weighted by molar-refractivity contribution is 6.38. The molecule has 29 heavy (non-hydrogen) atoms. The minimum Gasteiger partial charge on any atom is -0.478 e. The second-order valence-electron chi connectivity index (χ2n) is 7.00. The molecule has 1 saturated heterocycles. The van der Waals surface area contributed by atoms with Gasteiger partial charge in [-0.15, -0.1) is 0 Å². The topological polar surface area (TPSA) is 94.2 Å². The summed E-state index contributed by atoms with van der Waals surface area (Å²) in [5.41, 5.74) is 2.57. The molecule has 0 amide bonds. The van der Waals surface area contributed by atoms with Crippen LogP contribution in [-0.4, -0.2) is 53.2 Å². The number of halogens is 1. The van der Waals surface area contributed by atoms with Crippen LogP contribution in [0.25, 0.3) is 11.0 Å². The van der Waals surface area contributed by atoms with E-state index in [0.29, 0.717) is 28.1 Å². The van der Waals surface area contributed by atoms with Crippen LogP contribution < -0.4 is 4.90 Å². The van der Waals surface area contributed by atoms with Gasteiger partial charge in [-0.05, 0) is 29.8 Å². The van der Waals surface area contributed by atoms with Gasteiger partial charge in [-0.3, -0.25) is 4.90 Å². The number of hydrogen-bond acceptors (Lipinski definition) is 5. The summed E-state index contributed by atoms with van der Waals surface area (Å²) in [7, 11) is 0. The molecule has 1 aliphatic rings. The van der Waals surface area contributed by atoms with E-state index in [-0.39, 0.29) is 5.76 Å². The summed E-state index contributed by atoms with van der Waals surface area (Å²) in [5, 5.41) is 19.3. The number of rotatable bonds is 5. The van der Waals surface area contributed by atoms with E-state index in [9.17, 15) is 9.59 Å². The molecule has 150 valence electrons. The normalized spacial score (nSPS) is 15.0. The first-order chi connectivity index (χ1) is 13.9. The Kier molecular flexibility index (Phi) is 5.17. The van der Waals surface area contributed by atoms with Crippen LogP contribution in [0.4, 0.5) is 5.69 Å². The second-order valence-corrected chi connectivity index (χ2v) is 7.37. The largest absolute Gasteiger partial charge is 0.478 e. The van der Waals surface area contributed by atoms with Gasteiger partial charge < -0.3 is 19.5 Å². The molecule has 1 fully saturated rings. The quantitative estimate of drug-likeness (QED) is 0.655. The monoisotopic (exact) mass is 414 g/mol. The molecule has 0 saturated carbocycles. The minimum absolute atomic E-state index is 0.132. The van der Waals surface area contributed by atoms with Crippen LogP contribution >= 0.6 is 11.6 Å². The lowest BCUT2D eigenvalue weighted by molar-refractivity contribution is 0.0662. The molecule has 0 bridgehead atoms. The number of anilines is 1. The van der Waals surface area contributed by atoms with E-state index in [1.54, 1.807) is 24.3 Å². The first kappa shape index (κ1) is 19.3. The highest BCUT2D eigenvalue weighted by atomic mass is 35.5. The van der Waals surface area contributed by atoms with E-state index >= 15 is 0 Å². The molecule has 0 spiro atoms. The van der Waals surface area contributed by atoms with Crippen molar-refractivity contribution in [3.05, 3.63) is 64.4 Å². The summed E-state index contributed by atoms with van der Waals surface area (Å²) in [6.45, 7) is 3.81. The van der Waals surface area contributed by atoms with Crippen molar-refractivity contribution in [1.82, 2.24) is 4.90 Å². The molecule has 2 aromatic carbocycles. The van der Waals surface area contributed by atoms with Crippen molar-refractivity contribution in [3.63, 3.8) is 0 Å². The van der Waals surface area contributed by atoms with E-state index in [0.717, 1.165) is 37.4 Å². The summed E-state index contributed by atoms with van der Waals surface area (Å²) in [5.74, 6) is -2.18. The summed E-state index contributed by atoms with van der Waals surface area (Å²) >= 11 is 6.54. The Labute approximate surface area is 171 Å². The van der Waals surface area contributed by atoms with Crippen LogP contribution in [0.1, 0.15) is 26.5 Å². The standard InChI is InChI=1S/C21H19ClN2O5/c22-19-15-11-18(21(27)28)29-17(15)5-4-16(19)24-8-6-23(7-9-24)12-13-2-1-3-14(10-13)20(25)26/h1-5,10-11H,6-9,12H2,(H,25,26)(H,27,28). The molecule has 2 heterocycles. The van der Waals surface area contributed by atoms with Gasteiger partial charge in [0.05, 0.1) is 16.3 Å². The zero-order chi connectivity index (χ0) is 20.5. The molecule has 0 atom stereocenters. The zero-order valence-electron chi connectivity index (χ0n) is 15.5. The van der Waals surface area contributed by atoms with Gasteiger partial charge in [0.15, 0.2) is 0 Å². The molecule has 4 rings (SSSR count). The minimum atomic E-state index is -1.13. The van der Waals surface area contributed by atoms with Gasteiger partial charge in [-0.2, -0.15) is 0 Å². The van der Waals surface area contributed by atoms with Gasteiger partial charge in [0.1, 0.15) is 5.58 Å². The summed E-state index contributed by atoms with van der Waals surface area (Å²) in [4.78, 5) is 26.7. The van der Waals surface area contributed by atoms with E-state index in [1.165, 1.54) is 6.07 Å².